The molecule has 2 heterocycles. The van der Waals surface area contributed by atoms with E-state index in [-0.39, 0.29) is 5.91 Å². The molecule has 0 aliphatic carbocycles. The fourth-order valence-electron chi connectivity index (χ4n) is 2.65. The predicted octanol–water partition coefficient (Wildman–Crippen LogP) is 4.22. The molecule has 1 amide bonds. The Kier molecular flexibility index (Phi) is 4.74. The number of nitrogens with one attached hydrogen (secondary N) is 1. The number of nitrogens with zero attached hydrogens (tertiary/aromatic N) is 2. The number of carbonyl (C=O) groups is 1. The standard InChI is InChI=1S/C22H17N3O2/c26-21(11-8-16-4-2-1-3-5-16)24-14-17-6-9-18(10-7-17)22-25-19-15-23-13-12-20(19)27-22/h1-13,15H,14H2,(H,24,26)/b11-8+. The van der Waals surface area contributed by atoms with Gasteiger partial charge in [0.25, 0.3) is 0 Å². The Morgan fingerprint density at radius 2 is 1.85 bits per heavy atom. The normalized spacial score (nSPS) is 11.1. The first-order chi connectivity index (χ1) is 13.3. The summed E-state index contributed by atoms with van der Waals surface area (Å²) >= 11 is 0. The fourth-order valence-corrected chi connectivity index (χ4v) is 2.65. The van der Waals surface area contributed by atoms with Crippen LogP contribution in [0.4, 0.5) is 0 Å². The van der Waals surface area contributed by atoms with Gasteiger partial charge >= 0.3 is 0 Å². The summed E-state index contributed by atoms with van der Waals surface area (Å²) in [6.07, 6.45) is 6.68. The SMILES string of the molecule is O=C(/C=C/c1ccccc1)NCc1ccc(-c2nc3cnccc3o2)cc1. The van der Waals surface area contributed by atoms with E-state index < -0.39 is 0 Å². The second-order valence-electron chi connectivity index (χ2n) is 6.02. The summed E-state index contributed by atoms with van der Waals surface area (Å²) in [5, 5.41) is 2.88. The van der Waals surface area contributed by atoms with E-state index in [1.54, 1.807) is 24.5 Å². The van der Waals surface area contributed by atoms with Gasteiger partial charge in [-0.05, 0) is 29.3 Å². The van der Waals surface area contributed by atoms with Crippen molar-refractivity contribution in [3.8, 4) is 11.5 Å². The molecule has 0 aliphatic rings. The molecule has 27 heavy (non-hydrogen) atoms. The monoisotopic (exact) mass is 355 g/mol. The highest BCUT2D eigenvalue weighted by atomic mass is 16.3. The van der Waals surface area contributed by atoms with Crippen molar-refractivity contribution in [2.75, 3.05) is 0 Å². The van der Waals surface area contributed by atoms with Crippen LogP contribution in [0.1, 0.15) is 11.1 Å². The van der Waals surface area contributed by atoms with E-state index in [0.29, 0.717) is 18.0 Å². The highest BCUT2D eigenvalue weighted by Gasteiger charge is 2.08. The summed E-state index contributed by atoms with van der Waals surface area (Å²) in [5.74, 6) is 0.425. The number of pyridine rings is 1. The molecule has 4 aromatic rings. The smallest absolute Gasteiger partial charge is 0.244 e. The first kappa shape index (κ1) is 16.7. The largest absolute Gasteiger partial charge is 0.436 e. The zero-order valence-corrected chi connectivity index (χ0v) is 14.5. The molecule has 0 atom stereocenters. The average Bonchev–Trinajstić information content (AvgIpc) is 3.16. The van der Waals surface area contributed by atoms with Crippen molar-refractivity contribution in [3.05, 3.63) is 90.3 Å². The van der Waals surface area contributed by atoms with Gasteiger partial charge in [0.1, 0.15) is 5.52 Å². The average molecular weight is 355 g/mol. The van der Waals surface area contributed by atoms with Crippen LogP contribution in [0.5, 0.6) is 0 Å². The van der Waals surface area contributed by atoms with Crippen LogP contribution in [0.3, 0.4) is 0 Å². The van der Waals surface area contributed by atoms with Crippen LogP contribution in [0.15, 0.2) is 83.6 Å². The van der Waals surface area contributed by atoms with Gasteiger partial charge in [0, 0.05) is 30.4 Å². The van der Waals surface area contributed by atoms with Gasteiger partial charge in [0.05, 0.1) is 6.20 Å². The highest BCUT2D eigenvalue weighted by Crippen LogP contribution is 2.23. The number of oxazole rings is 1. The van der Waals surface area contributed by atoms with E-state index in [9.17, 15) is 4.79 Å². The third-order valence-corrected chi connectivity index (χ3v) is 4.08. The first-order valence-corrected chi connectivity index (χ1v) is 8.59. The Hall–Kier alpha value is -3.73. The quantitative estimate of drug-likeness (QED) is 0.544. The maximum absolute atomic E-state index is 11.9. The van der Waals surface area contributed by atoms with Crippen LogP contribution >= 0.6 is 0 Å². The minimum atomic E-state index is -0.130. The van der Waals surface area contributed by atoms with Gasteiger partial charge in [-0.3, -0.25) is 9.78 Å². The van der Waals surface area contributed by atoms with Gasteiger partial charge in [0.15, 0.2) is 5.58 Å². The third kappa shape index (κ3) is 4.10. The fraction of sp³-hybridized carbons (Fsp3) is 0.0455. The number of amides is 1. The van der Waals surface area contributed by atoms with Crippen LogP contribution < -0.4 is 5.32 Å². The van der Waals surface area contributed by atoms with Gasteiger partial charge in [-0.2, -0.15) is 0 Å². The molecule has 0 aliphatic heterocycles. The number of rotatable bonds is 5. The Labute approximate surface area is 156 Å². The van der Waals surface area contributed by atoms with E-state index in [1.807, 2.05) is 54.6 Å². The summed E-state index contributed by atoms with van der Waals surface area (Å²) < 4.78 is 5.74. The minimum absolute atomic E-state index is 0.130. The van der Waals surface area contributed by atoms with Crippen molar-refractivity contribution in [1.29, 1.82) is 0 Å². The molecule has 5 heteroatoms. The van der Waals surface area contributed by atoms with E-state index in [2.05, 4.69) is 15.3 Å². The van der Waals surface area contributed by atoms with Gasteiger partial charge < -0.3 is 9.73 Å². The van der Waals surface area contributed by atoms with Gasteiger partial charge in [-0.1, -0.05) is 42.5 Å². The summed E-state index contributed by atoms with van der Waals surface area (Å²) in [6, 6.07) is 19.3. The molecule has 0 saturated heterocycles. The molecule has 2 aromatic heterocycles. The van der Waals surface area contributed by atoms with Crippen LogP contribution in [0.25, 0.3) is 28.6 Å². The Balaban J connectivity index is 1.38. The Bertz CT molecular complexity index is 1050. The van der Waals surface area contributed by atoms with Crippen molar-refractivity contribution in [1.82, 2.24) is 15.3 Å². The molecule has 4 rings (SSSR count). The maximum Gasteiger partial charge on any atom is 0.244 e. The van der Waals surface area contributed by atoms with Crippen molar-refractivity contribution in [2.45, 2.75) is 6.54 Å². The number of benzene rings is 2. The van der Waals surface area contributed by atoms with Crippen molar-refractivity contribution in [2.24, 2.45) is 0 Å². The number of hydrogen-bond donors (Lipinski definition) is 1. The lowest BCUT2D eigenvalue weighted by Gasteiger charge is -2.03. The van der Waals surface area contributed by atoms with Crippen LogP contribution in [0, 0.1) is 0 Å². The number of fused-ring (bicyclic) bond motifs is 1. The van der Waals surface area contributed by atoms with Crippen molar-refractivity contribution in [3.63, 3.8) is 0 Å². The zero-order valence-electron chi connectivity index (χ0n) is 14.5. The Morgan fingerprint density at radius 3 is 2.63 bits per heavy atom. The molecule has 5 nitrogen and oxygen atoms in total. The molecule has 0 fully saturated rings. The van der Waals surface area contributed by atoms with E-state index in [4.69, 9.17) is 4.42 Å². The van der Waals surface area contributed by atoms with Gasteiger partial charge in [-0.15, -0.1) is 0 Å². The maximum atomic E-state index is 11.9. The van der Waals surface area contributed by atoms with E-state index in [0.717, 1.165) is 22.2 Å². The molecule has 0 unspecified atom stereocenters. The molecule has 0 radical (unpaired) electrons. The predicted molar refractivity (Wildman–Crippen MR) is 105 cm³/mol. The lowest BCUT2D eigenvalue weighted by Crippen LogP contribution is -2.20. The lowest BCUT2D eigenvalue weighted by molar-refractivity contribution is -0.116. The molecule has 132 valence electrons. The molecule has 0 spiro atoms. The number of carbonyl (C=O) groups excluding carboxylic acids is 1. The summed E-state index contributed by atoms with van der Waals surface area (Å²) in [4.78, 5) is 20.4. The lowest BCUT2D eigenvalue weighted by atomic mass is 10.1. The number of aromatic nitrogens is 2. The Morgan fingerprint density at radius 1 is 1.04 bits per heavy atom. The minimum Gasteiger partial charge on any atom is -0.436 e. The van der Waals surface area contributed by atoms with Crippen LogP contribution in [0.2, 0.25) is 0 Å². The second kappa shape index (κ2) is 7.66. The van der Waals surface area contributed by atoms with E-state index >= 15 is 0 Å². The van der Waals surface area contributed by atoms with Gasteiger partial charge in [0.2, 0.25) is 11.8 Å². The molecule has 0 saturated carbocycles. The third-order valence-electron chi connectivity index (χ3n) is 4.08. The van der Waals surface area contributed by atoms with Crippen molar-refractivity contribution < 1.29 is 9.21 Å². The van der Waals surface area contributed by atoms with Crippen LogP contribution in [-0.2, 0) is 11.3 Å². The van der Waals surface area contributed by atoms with Crippen molar-refractivity contribution >= 4 is 23.1 Å². The molecular weight excluding hydrogens is 338 g/mol. The summed E-state index contributed by atoms with van der Waals surface area (Å²) in [5.41, 5.74) is 4.31. The summed E-state index contributed by atoms with van der Waals surface area (Å²) in [6.45, 7) is 0.454. The summed E-state index contributed by atoms with van der Waals surface area (Å²) in [7, 11) is 0. The molecule has 1 N–H and O–H groups in total. The van der Waals surface area contributed by atoms with Gasteiger partial charge in [-0.25, -0.2) is 4.98 Å². The molecule has 2 aromatic carbocycles. The van der Waals surface area contributed by atoms with E-state index in [1.165, 1.54) is 6.08 Å². The zero-order chi connectivity index (χ0) is 18.5. The molecular formula is C22H17N3O2. The second-order valence-corrected chi connectivity index (χ2v) is 6.02. The van der Waals surface area contributed by atoms with Crippen LogP contribution in [-0.4, -0.2) is 15.9 Å². The highest BCUT2D eigenvalue weighted by molar-refractivity contribution is 5.91. The topological polar surface area (TPSA) is 68.0 Å². The number of hydrogen-bond acceptors (Lipinski definition) is 4. The first-order valence-electron chi connectivity index (χ1n) is 8.59. The molecule has 0 bridgehead atoms.